The highest BCUT2D eigenvalue weighted by atomic mass is 16.5. The number of ether oxygens (including phenoxy) is 2. The van der Waals surface area contributed by atoms with Gasteiger partial charge in [-0.15, -0.1) is 0 Å². The number of aromatic nitrogens is 2. The number of benzene rings is 3. The van der Waals surface area contributed by atoms with E-state index in [9.17, 15) is 0 Å². The van der Waals surface area contributed by atoms with Gasteiger partial charge in [0.2, 0.25) is 0 Å². The number of nitrogens with zero attached hydrogens (tertiary/aromatic N) is 1. The molecular weight excluding hydrogens is 336 g/mol. The second kappa shape index (κ2) is 7.16. The Morgan fingerprint density at radius 3 is 2.44 bits per heavy atom. The van der Waals surface area contributed by atoms with Gasteiger partial charge in [-0.2, -0.15) is 0 Å². The molecule has 4 nitrogen and oxygen atoms in total. The summed E-state index contributed by atoms with van der Waals surface area (Å²) in [6.07, 6.45) is 0. The molecule has 0 saturated heterocycles. The van der Waals surface area contributed by atoms with Gasteiger partial charge in [0, 0.05) is 5.56 Å². The molecule has 0 radical (unpaired) electrons. The van der Waals surface area contributed by atoms with Crippen LogP contribution in [0.5, 0.6) is 11.5 Å². The number of rotatable bonds is 5. The lowest BCUT2D eigenvalue weighted by molar-refractivity contribution is 0.284. The van der Waals surface area contributed by atoms with Gasteiger partial charge in [0.15, 0.2) is 11.5 Å². The summed E-state index contributed by atoms with van der Waals surface area (Å²) in [4.78, 5) is 8.13. The predicted octanol–water partition coefficient (Wildman–Crippen LogP) is 5.43. The highest BCUT2D eigenvalue weighted by molar-refractivity contribution is 5.81. The zero-order chi connectivity index (χ0) is 18.8. The van der Waals surface area contributed by atoms with Crippen LogP contribution >= 0.6 is 0 Å². The molecule has 1 aromatic heterocycles. The molecule has 0 bridgehead atoms. The summed E-state index contributed by atoms with van der Waals surface area (Å²) >= 11 is 0. The van der Waals surface area contributed by atoms with Crippen molar-refractivity contribution in [1.82, 2.24) is 9.97 Å². The smallest absolute Gasteiger partial charge is 0.161 e. The van der Waals surface area contributed by atoms with Gasteiger partial charge in [-0.1, -0.05) is 30.3 Å². The van der Waals surface area contributed by atoms with E-state index < -0.39 is 0 Å². The quantitative estimate of drug-likeness (QED) is 0.517. The van der Waals surface area contributed by atoms with E-state index in [4.69, 9.17) is 14.5 Å². The van der Waals surface area contributed by atoms with Crippen LogP contribution in [0.2, 0.25) is 0 Å². The van der Waals surface area contributed by atoms with Crippen molar-refractivity contribution in [2.75, 3.05) is 7.11 Å². The maximum absolute atomic E-state index is 5.94. The van der Waals surface area contributed by atoms with Crippen molar-refractivity contribution >= 4 is 11.0 Å². The minimum absolute atomic E-state index is 0.500. The average molecular weight is 358 g/mol. The van der Waals surface area contributed by atoms with Crippen LogP contribution in [0.1, 0.15) is 16.7 Å². The maximum Gasteiger partial charge on any atom is 0.161 e. The Morgan fingerprint density at radius 2 is 1.67 bits per heavy atom. The van der Waals surface area contributed by atoms with Gasteiger partial charge in [0.1, 0.15) is 12.4 Å². The number of aromatic amines is 1. The SMILES string of the molecule is COc1cc(-c2nc3cc(C)c(C)cc3[nH]2)ccc1OCc1ccccc1. The summed E-state index contributed by atoms with van der Waals surface area (Å²) in [5.74, 6) is 2.23. The molecule has 0 atom stereocenters. The Bertz CT molecular complexity index is 1050. The fraction of sp³-hybridized carbons (Fsp3) is 0.174. The molecule has 4 aromatic rings. The average Bonchev–Trinajstić information content (AvgIpc) is 3.10. The highest BCUT2D eigenvalue weighted by Crippen LogP contribution is 2.33. The van der Waals surface area contributed by atoms with E-state index in [0.717, 1.165) is 28.0 Å². The summed E-state index contributed by atoms with van der Waals surface area (Å²) in [6.45, 7) is 4.71. The normalized spacial score (nSPS) is 10.9. The summed E-state index contributed by atoms with van der Waals surface area (Å²) in [6, 6.07) is 20.2. The largest absolute Gasteiger partial charge is 0.493 e. The van der Waals surface area contributed by atoms with Crippen molar-refractivity contribution in [2.45, 2.75) is 20.5 Å². The summed E-state index contributed by atoms with van der Waals surface area (Å²) in [5, 5.41) is 0. The van der Waals surface area contributed by atoms with Gasteiger partial charge in [-0.3, -0.25) is 0 Å². The first-order valence-electron chi connectivity index (χ1n) is 8.96. The number of imidazole rings is 1. The molecule has 0 unspecified atom stereocenters. The van der Waals surface area contributed by atoms with Crippen LogP contribution in [0.3, 0.4) is 0 Å². The number of fused-ring (bicyclic) bond motifs is 1. The second-order valence-electron chi connectivity index (χ2n) is 6.68. The van der Waals surface area contributed by atoms with Crippen molar-refractivity contribution in [3.8, 4) is 22.9 Å². The Morgan fingerprint density at radius 1 is 0.889 bits per heavy atom. The standard InChI is InChI=1S/C23H22N2O2/c1-15-11-19-20(12-16(15)2)25-23(24-19)18-9-10-21(22(13-18)26-3)27-14-17-7-5-4-6-8-17/h4-13H,14H2,1-3H3,(H,24,25). The molecule has 3 aromatic carbocycles. The van der Waals surface area contributed by atoms with Crippen LogP contribution in [0.25, 0.3) is 22.4 Å². The molecule has 0 aliphatic rings. The van der Waals surface area contributed by atoms with Gasteiger partial charge in [0.05, 0.1) is 18.1 Å². The first-order valence-corrected chi connectivity index (χ1v) is 8.96. The maximum atomic E-state index is 5.94. The molecule has 0 aliphatic carbocycles. The molecule has 0 fully saturated rings. The Balaban J connectivity index is 1.62. The summed E-state index contributed by atoms with van der Waals surface area (Å²) in [7, 11) is 1.65. The monoisotopic (exact) mass is 358 g/mol. The van der Waals surface area contributed by atoms with E-state index in [2.05, 4.69) is 31.0 Å². The molecule has 0 saturated carbocycles. The number of nitrogens with one attached hydrogen (secondary N) is 1. The van der Waals surface area contributed by atoms with E-state index in [1.54, 1.807) is 7.11 Å². The predicted molar refractivity (Wildman–Crippen MR) is 108 cm³/mol. The molecule has 136 valence electrons. The Labute approximate surface area is 158 Å². The van der Waals surface area contributed by atoms with Crippen molar-refractivity contribution in [3.05, 3.63) is 77.4 Å². The molecular formula is C23H22N2O2. The Kier molecular flexibility index (Phi) is 4.55. The van der Waals surface area contributed by atoms with Gasteiger partial charge >= 0.3 is 0 Å². The number of methoxy groups -OCH3 is 1. The van der Waals surface area contributed by atoms with Crippen LogP contribution in [-0.4, -0.2) is 17.1 Å². The van der Waals surface area contributed by atoms with E-state index >= 15 is 0 Å². The summed E-state index contributed by atoms with van der Waals surface area (Å²) < 4.78 is 11.5. The van der Waals surface area contributed by atoms with Crippen molar-refractivity contribution in [3.63, 3.8) is 0 Å². The van der Waals surface area contributed by atoms with Crippen LogP contribution in [-0.2, 0) is 6.61 Å². The zero-order valence-corrected chi connectivity index (χ0v) is 15.7. The molecule has 27 heavy (non-hydrogen) atoms. The van der Waals surface area contributed by atoms with Crippen molar-refractivity contribution < 1.29 is 9.47 Å². The lowest BCUT2D eigenvalue weighted by Crippen LogP contribution is -1.97. The van der Waals surface area contributed by atoms with Gasteiger partial charge in [-0.05, 0) is 60.9 Å². The van der Waals surface area contributed by atoms with Gasteiger partial charge < -0.3 is 14.5 Å². The van der Waals surface area contributed by atoms with Crippen LogP contribution in [0.15, 0.2) is 60.7 Å². The van der Waals surface area contributed by atoms with Crippen molar-refractivity contribution in [2.24, 2.45) is 0 Å². The minimum atomic E-state index is 0.500. The number of hydrogen-bond acceptors (Lipinski definition) is 3. The van der Waals surface area contributed by atoms with E-state index in [1.807, 2.05) is 48.5 Å². The van der Waals surface area contributed by atoms with E-state index in [0.29, 0.717) is 18.1 Å². The van der Waals surface area contributed by atoms with Crippen LogP contribution < -0.4 is 9.47 Å². The zero-order valence-electron chi connectivity index (χ0n) is 15.7. The van der Waals surface area contributed by atoms with E-state index in [-0.39, 0.29) is 0 Å². The summed E-state index contributed by atoms with van der Waals surface area (Å²) in [5.41, 5.74) is 6.58. The fourth-order valence-corrected chi connectivity index (χ4v) is 3.08. The minimum Gasteiger partial charge on any atom is -0.493 e. The number of aryl methyl sites for hydroxylation is 2. The molecule has 1 N–H and O–H groups in total. The van der Waals surface area contributed by atoms with Crippen LogP contribution in [0, 0.1) is 13.8 Å². The molecule has 0 amide bonds. The lowest BCUT2D eigenvalue weighted by atomic mass is 10.1. The number of hydrogen-bond donors (Lipinski definition) is 1. The Hall–Kier alpha value is -3.27. The van der Waals surface area contributed by atoms with E-state index in [1.165, 1.54) is 11.1 Å². The van der Waals surface area contributed by atoms with Crippen molar-refractivity contribution in [1.29, 1.82) is 0 Å². The lowest BCUT2D eigenvalue weighted by Gasteiger charge is -2.11. The topological polar surface area (TPSA) is 47.1 Å². The molecule has 0 spiro atoms. The highest BCUT2D eigenvalue weighted by Gasteiger charge is 2.11. The number of H-pyrrole nitrogens is 1. The first-order chi connectivity index (χ1) is 13.1. The second-order valence-corrected chi connectivity index (χ2v) is 6.68. The first kappa shape index (κ1) is 17.2. The molecule has 4 rings (SSSR count). The van der Waals surface area contributed by atoms with Gasteiger partial charge in [-0.25, -0.2) is 4.98 Å². The fourth-order valence-electron chi connectivity index (χ4n) is 3.08. The third-order valence-electron chi connectivity index (χ3n) is 4.77. The van der Waals surface area contributed by atoms with Gasteiger partial charge in [0.25, 0.3) is 0 Å². The third kappa shape index (κ3) is 3.51. The molecule has 4 heteroatoms. The molecule has 0 aliphatic heterocycles. The third-order valence-corrected chi connectivity index (χ3v) is 4.77. The molecule has 1 heterocycles. The van der Waals surface area contributed by atoms with Crippen LogP contribution in [0.4, 0.5) is 0 Å².